The van der Waals surface area contributed by atoms with E-state index >= 15 is 0 Å². The van der Waals surface area contributed by atoms with E-state index in [9.17, 15) is 9.90 Å². The zero-order valence-electron chi connectivity index (χ0n) is 9.84. The van der Waals surface area contributed by atoms with Crippen LogP contribution >= 0.6 is 0 Å². The highest BCUT2D eigenvalue weighted by atomic mass is 16.5. The molecule has 18 heavy (non-hydrogen) atoms. The van der Waals surface area contributed by atoms with Crippen molar-refractivity contribution in [3.63, 3.8) is 0 Å². The van der Waals surface area contributed by atoms with Crippen molar-refractivity contribution in [1.29, 1.82) is 5.26 Å². The van der Waals surface area contributed by atoms with Crippen LogP contribution in [0, 0.1) is 18.3 Å². The molecule has 0 saturated heterocycles. The van der Waals surface area contributed by atoms with Crippen LogP contribution in [0.25, 0.3) is 5.65 Å². The fourth-order valence-corrected chi connectivity index (χ4v) is 1.54. The molecule has 0 atom stereocenters. The van der Waals surface area contributed by atoms with Gasteiger partial charge in [0.05, 0.1) is 12.8 Å². The van der Waals surface area contributed by atoms with Crippen molar-refractivity contribution in [3.05, 3.63) is 23.0 Å². The first-order valence-corrected chi connectivity index (χ1v) is 5.24. The van der Waals surface area contributed by atoms with Gasteiger partial charge in [-0.2, -0.15) is 14.9 Å². The number of esters is 1. The van der Waals surface area contributed by atoms with Crippen molar-refractivity contribution in [1.82, 2.24) is 14.6 Å². The monoisotopic (exact) mass is 246 g/mol. The molecule has 0 unspecified atom stereocenters. The first kappa shape index (κ1) is 11.9. The summed E-state index contributed by atoms with van der Waals surface area (Å²) in [4.78, 5) is 15.7. The van der Waals surface area contributed by atoms with Gasteiger partial charge in [0.1, 0.15) is 11.6 Å². The molecule has 2 aromatic heterocycles. The predicted molar refractivity (Wildman–Crippen MR) is 60.1 cm³/mol. The molecule has 0 aromatic carbocycles. The van der Waals surface area contributed by atoms with Crippen LogP contribution < -0.4 is 0 Å². The van der Waals surface area contributed by atoms with Gasteiger partial charge < -0.3 is 9.84 Å². The molecule has 7 heteroatoms. The summed E-state index contributed by atoms with van der Waals surface area (Å²) in [7, 11) is 0. The number of carbonyl (C=O) groups excluding carboxylic acids is 1. The Morgan fingerprint density at radius 3 is 3.00 bits per heavy atom. The number of fused-ring (bicyclic) bond motifs is 1. The second-order valence-electron chi connectivity index (χ2n) is 3.53. The van der Waals surface area contributed by atoms with Gasteiger partial charge in [-0.15, -0.1) is 0 Å². The zero-order valence-corrected chi connectivity index (χ0v) is 9.84. The molecule has 7 nitrogen and oxygen atoms in total. The van der Waals surface area contributed by atoms with E-state index in [0.29, 0.717) is 0 Å². The largest absolute Gasteiger partial charge is 0.493 e. The number of nitriles is 1. The van der Waals surface area contributed by atoms with Gasteiger partial charge >= 0.3 is 5.97 Å². The molecule has 0 radical (unpaired) electrons. The van der Waals surface area contributed by atoms with Gasteiger partial charge in [-0.1, -0.05) is 0 Å². The molecule has 0 aliphatic carbocycles. The maximum atomic E-state index is 11.7. The molecular weight excluding hydrogens is 236 g/mol. The molecule has 0 amide bonds. The predicted octanol–water partition coefficient (Wildman–Crippen LogP) is 0.792. The first-order chi connectivity index (χ1) is 8.60. The zero-order chi connectivity index (χ0) is 13.3. The Kier molecular flexibility index (Phi) is 2.85. The molecule has 0 fully saturated rings. The number of ether oxygens (including phenoxy) is 1. The van der Waals surface area contributed by atoms with E-state index in [0.717, 1.165) is 4.52 Å². The normalized spacial score (nSPS) is 10.3. The van der Waals surface area contributed by atoms with Crippen LogP contribution in [0.5, 0.6) is 5.88 Å². The van der Waals surface area contributed by atoms with Crippen LogP contribution in [0.2, 0.25) is 0 Å². The van der Waals surface area contributed by atoms with Crippen molar-refractivity contribution in [3.8, 4) is 11.9 Å². The summed E-state index contributed by atoms with van der Waals surface area (Å²) in [5.74, 6) is -0.873. The van der Waals surface area contributed by atoms with Crippen LogP contribution in [0.3, 0.4) is 0 Å². The van der Waals surface area contributed by atoms with E-state index in [1.54, 1.807) is 6.92 Å². The number of hydrogen-bond donors (Lipinski definition) is 1. The highest BCUT2D eigenvalue weighted by molar-refractivity contribution is 5.90. The van der Waals surface area contributed by atoms with Crippen molar-refractivity contribution in [2.75, 3.05) is 6.61 Å². The lowest BCUT2D eigenvalue weighted by Gasteiger charge is -2.07. The SMILES string of the molecule is CCOC(=O)c1nc2c(C#N)cnn2c(O)c1C. The van der Waals surface area contributed by atoms with Crippen molar-refractivity contribution >= 4 is 11.6 Å². The molecule has 2 heterocycles. The average Bonchev–Trinajstić information content (AvgIpc) is 2.76. The second kappa shape index (κ2) is 4.33. The van der Waals surface area contributed by atoms with Crippen LogP contribution in [0.1, 0.15) is 28.5 Å². The molecule has 92 valence electrons. The molecule has 0 spiro atoms. The lowest BCUT2D eigenvalue weighted by atomic mass is 10.2. The number of nitrogens with zero attached hydrogens (tertiary/aromatic N) is 4. The van der Waals surface area contributed by atoms with Gasteiger partial charge in [0.15, 0.2) is 11.3 Å². The fourth-order valence-electron chi connectivity index (χ4n) is 1.54. The minimum atomic E-state index is -0.641. The summed E-state index contributed by atoms with van der Waals surface area (Å²) in [5, 5.41) is 22.6. The van der Waals surface area contributed by atoms with Gasteiger partial charge in [-0.3, -0.25) is 0 Å². The number of aromatic hydroxyl groups is 1. The Hall–Kier alpha value is -2.62. The topological polar surface area (TPSA) is 101 Å². The summed E-state index contributed by atoms with van der Waals surface area (Å²) in [5.41, 5.74) is 0.548. The quantitative estimate of drug-likeness (QED) is 0.786. The molecule has 0 aliphatic heterocycles. The van der Waals surface area contributed by atoms with Gasteiger partial charge in [0, 0.05) is 5.56 Å². The van der Waals surface area contributed by atoms with Crippen LogP contribution in [-0.4, -0.2) is 32.3 Å². The van der Waals surface area contributed by atoms with Gasteiger partial charge in [0.25, 0.3) is 0 Å². The van der Waals surface area contributed by atoms with E-state index in [-0.39, 0.29) is 35.0 Å². The third kappa shape index (κ3) is 1.64. The van der Waals surface area contributed by atoms with Crippen LogP contribution in [-0.2, 0) is 4.74 Å². The maximum Gasteiger partial charge on any atom is 0.357 e. The standard InChI is InChI=1S/C11H10N4O3/c1-3-18-11(17)8-6(2)10(16)15-9(14-8)7(4-12)5-13-15/h5,16H,3H2,1-2H3. The minimum Gasteiger partial charge on any atom is -0.493 e. The molecule has 2 rings (SSSR count). The summed E-state index contributed by atoms with van der Waals surface area (Å²) in [6.45, 7) is 3.41. The number of aromatic nitrogens is 3. The Morgan fingerprint density at radius 1 is 1.67 bits per heavy atom. The summed E-state index contributed by atoms with van der Waals surface area (Å²) >= 11 is 0. The Balaban J connectivity index is 2.72. The minimum absolute atomic E-state index is 0.0150. The number of rotatable bonds is 2. The van der Waals surface area contributed by atoms with Crippen molar-refractivity contribution < 1.29 is 14.6 Å². The lowest BCUT2D eigenvalue weighted by molar-refractivity contribution is 0.0518. The Labute approximate surface area is 102 Å². The van der Waals surface area contributed by atoms with E-state index in [1.165, 1.54) is 13.1 Å². The average molecular weight is 246 g/mol. The third-order valence-corrected chi connectivity index (χ3v) is 2.44. The van der Waals surface area contributed by atoms with E-state index in [2.05, 4.69) is 10.1 Å². The first-order valence-electron chi connectivity index (χ1n) is 5.24. The molecular formula is C11H10N4O3. The van der Waals surface area contributed by atoms with E-state index < -0.39 is 5.97 Å². The number of hydrogen-bond acceptors (Lipinski definition) is 6. The molecule has 0 bridgehead atoms. The molecule has 2 aromatic rings. The van der Waals surface area contributed by atoms with E-state index in [4.69, 9.17) is 10.00 Å². The smallest absolute Gasteiger partial charge is 0.357 e. The lowest BCUT2D eigenvalue weighted by Crippen LogP contribution is -2.11. The third-order valence-electron chi connectivity index (χ3n) is 2.44. The second-order valence-corrected chi connectivity index (χ2v) is 3.53. The summed E-state index contributed by atoms with van der Waals surface area (Å²) in [6, 6.07) is 1.89. The molecule has 0 saturated carbocycles. The highest BCUT2D eigenvalue weighted by Crippen LogP contribution is 2.22. The number of carbonyl (C=O) groups is 1. The maximum absolute atomic E-state index is 11.7. The molecule has 1 N–H and O–H groups in total. The van der Waals surface area contributed by atoms with E-state index in [1.807, 2.05) is 6.07 Å². The van der Waals surface area contributed by atoms with Gasteiger partial charge in [0.2, 0.25) is 5.88 Å². The summed E-state index contributed by atoms with van der Waals surface area (Å²) < 4.78 is 5.95. The van der Waals surface area contributed by atoms with Gasteiger partial charge in [-0.25, -0.2) is 9.78 Å². The Morgan fingerprint density at radius 2 is 2.39 bits per heavy atom. The van der Waals surface area contributed by atoms with Gasteiger partial charge in [-0.05, 0) is 13.8 Å². The fraction of sp³-hybridized carbons (Fsp3) is 0.273. The highest BCUT2D eigenvalue weighted by Gasteiger charge is 2.20. The van der Waals surface area contributed by atoms with Crippen LogP contribution in [0.4, 0.5) is 0 Å². The van der Waals surface area contributed by atoms with Crippen molar-refractivity contribution in [2.45, 2.75) is 13.8 Å². The molecule has 0 aliphatic rings. The summed E-state index contributed by atoms with van der Waals surface area (Å²) in [6.07, 6.45) is 1.27. The van der Waals surface area contributed by atoms with Crippen molar-refractivity contribution in [2.24, 2.45) is 0 Å². The van der Waals surface area contributed by atoms with Crippen LogP contribution in [0.15, 0.2) is 6.20 Å². The Bertz CT molecular complexity index is 669.